The molecular formula is C18H25Cl2N5O. The molecule has 2 aromatic rings. The third-order valence-electron chi connectivity index (χ3n) is 4.61. The maximum atomic E-state index is 12.6. The standard InChI is InChI=1S/C18H24ClN5O.ClH/c1-13(14-5-3-4-6-15(14)19)22-17(25)12-24-10-7-20-11-16(24)18-21-8-9-23(18)2;/h3-6,8-9,13,16,20H,7,10-12H2,1-2H3,(H,22,25);1H. The summed E-state index contributed by atoms with van der Waals surface area (Å²) < 4.78 is 2.01. The molecule has 2 N–H and O–H groups in total. The lowest BCUT2D eigenvalue weighted by molar-refractivity contribution is -0.123. The van der Waals surface area contributed by atoms with Crippen LogP contribution in [0.25, 0.3) is 0 Å². The van der Waals surface area contributed by atoms with E-state index in [-0.39, 0.29) is 30.4 Å². The normalized spacial score (nSPS) is 18.8. The van der Waals surface area contributed by atoms with Gasteiger partial charge in [-0.25, -0.2) is 4.98 Å². The SMILES string of the molecule is CC(NC(=O)CN1CCNCC1c1nccn1C)c1ccccc1Cl.Cl. The largest absolute Gasteiger partial charge is 0.348 e. The lowest BCUT2D eigenvalue weighted by Gasteiger charge is -2.35. The lowest BCUT2D eigenvalue weighted by Crippen LogP contribution is -2.50. The van der Waals surface area contributed by atoms with Crippen LogP contribution >= 0.6 is 24.0 Å². The number of nitrogens with zero attached hydrogens (tertiary/aromatic N) is 3. The highest BCUT2D eigenvalue weighted by Gasteiger charge is 2.28. The minimum absolute atomic E-state index is 0. The van der Waals surface area contributed by atoms with E-state index in [1.165, 1.54) is 0 Å². The molecule has 3 rings (SSSR count). The molecule has 1 aromatic carbocycles. The van der Waals surface area contributed by atoms with Crippen LogP contribution < -0.4 is 10.6 Å². The molecule has 142 valence electrons. The van der Waals surface area contributed by atoms with Crippen LogP contribution in [0.15, 0.2) is 36.7 Å². The Labute approximate surface area is 165 Å². The fourth-order valence-electron chi connectivity index (χ4n) is 3.26. The predicted molar refractivity (Wildman–Crippen MR) is 106 cm³/mol. The second-order valence-corrected chi connectivity index (χ2v) is 6.80. The van der Waals surface area contributed by atoms with Gasteiger partial charge in [-0.2, -0.15) is 0 Å². The Hall–Kier alpha value is -1.60. The van der Waals surface area contributed by atoms with Gasteiger partial charge >= 0.3 is 0 Å². The molecule has 2 heterocycles. The molecule has 0 bridgehead atoms. The summed E-state index contributed by atoms with van der Waals surface area (Å²) in [5, 5.41) is 7.11. The minimum Gasteiger partial charge on any atom is -0.348 e. The smallest absolute Gasteiger partial charge is 0.234 e. The number of halogens is 2. The van der Waals surface area contributed by atoms with E-state index in [2.05, 4.69) is 20.5 Å². The summed E-state index contributed by atoms with van der Waals surface area (Å²) in [5.74, 6) is 0.965. The zero-order valence-corrected chi connectivity index (χ0v) is 16.6. The summed E-state index contributed by atoms with van der Waals surface area (Å²) in [6.45, 7) is 4.76. The van der Waals surface area contributed by atoms with Crippen molar-refractivity contribution in [3.05, 3.63) is 53.1 Å². The Morgan fingerprint density at radius 2 is 2.23 bits per heavy atom. The molecule has 0 radical (unpaired) electrons. The number of amides is 1. The van der Waals surface area contributed by atoms with E-state index >= 15 is 0 Å². The van der Waals surface area contributed by atoms with E-state index < -0.39 is 0 Å². The van der Waals surface area contributed by atoms with E-state index in [1.807, 2.05) is 49.0 Å². The van der Waals surface area contributed by atoms with E-state index in [9.17, 15) is 4.79 Å². The predicted octanol–water partition coefficient (Wildman–Crippen LogP) is 2.32. The number of aryl methyl sites for hydroxylation is 1. The van der Waals surface area contributed by atoms with Crippen LogP contribution in [-0.4, -0.2) is 46.5 Å². The third kappa shape index (κ3) is 4.76. The number of rotatable bonds is 5. The van der Waals surface area contributed by atoms with Crippen molar-refractivity contribution in [3.63, 3.8) is 0 Å². The van der Waals surface area contributed by atoms with Gasteiger partial charge < -0.3 is 15.2 Å². The molecule has 8 heteroatoms. The highest BCUT2D eigenvalue weighted by atomic mass is 35.5. The molecule has 1 aliphatic heterocycles. The zero-order valence-electron chi connectivity index (χ0n) is 15.0. The number of carbonyl (C=O) groups excluding carboxylic acids is 1. The number of piperazine rings is 1. The highest BCUT2D eigenvalue weighted by Crippen LogP contribution is 2.23. The van der Waals surface area contributed by atoms with Gasteiger partial charge in [-0.3, -0.25) is 9.69 Å². The van der Waals surface area contributed by atoms with Crippen LogP contribution in [0.5, 0.6) is 0 Å². The average Bonchev–Trinajstić information content (AvgIpc) is 3.01. The van der Waals surface area contributed by atoms with Crippen LogP contribution in [0, 0.1) is 0 Å². The Morgan fingerprint density at radius 3 is 2.92 bits per heavy atom. The first-order chi connectivity index (χ1) is 12.1. The molecule has 2 unspecified atom stereocenters. The second-order valence-electron chi connectivity index (χ2n) is 6.40. The van der Waals surface area contributed by atoms with E-state index in [4.69, 9.17) is 11.6 Å². The van der Waals surface area contributed by atoms with Crippen LogP contribution in [0.1, 0.15) is 30.4 Å². The molecule has 1 aromatic heterocycles. The first-order valence-electron chi connectivity index (χ1n) is 8.52. The molecule has 1 aliphatic rings. The molecule has 2 atom stereocenters. The quantitative estimate of drug-likeness (QED) is 0.812. The van der Waals surface area contributed by atoms with Crippen LogP contribution in [-0.2, 0) is 11.8 Å². The minimum atomic E-state index is -0.129. The Kier molecular flexibility index (Phi) is 7.46. The van der Waals surface area contributed by atoms with Crippen molar-refractivity contribution in [3.8, 4) is 0 Å². The van der Waals surface area contributed by atoms with Crippen molar-refractivity contribution >= 4 is 29.9 Å². The van der Waals surface area contributed by atoms with Gasteiger partial charge in [-0.15, -0.1) is 12.4 Å². The Morgan fingerprint density at radius 1 is 1.46 bits per heavy atom. The first-order valence-corrected chi connectivity index (χ1v) is 8.90. The number of hydrogen-bond donors (Lipinski definition) is 2. The zero-order chi connectivity index (χ0) is 17.8. The van der Waals surface area contributed by atoms with Gasteiger partial charge in [0, 0.05) is 44.1 Å². The topological polar surface area (TPSA) is 62.2 Å². The number of carbonyl (C=O) groups is 1. The van der Waals surface area contributed by atoms with Crippen molar-refractivity contribution in [1.82, 2.24) is 25.1 Å². The molecule has 1 amide bonds. The molecule has 0 saturated carbocycles. The summed E-state index contributed by atoms with van der Waals surface area (Å²) in [7, 11) is 1.98. The summed E-state index contributed by atoms with van der Waals surface area (Å²) in [5.41, 5.74) is 0.929. The van der Waals surface area contributed by atoms with E-state index in [1.54, 1.807) is 6.20 Å². The summed E-state index contributed by atoms with van der Waals surface area (Å²) in [4.78, 5) is 19.2. The molecule has 6 nitrogen and oxygen atoms in total. The lowest BCUT2D eigenvalue weighted by atomic mass is 10.1. The maximum absolute atomic E-state index is 12.6. The summed E-state index contributed by atoms with van der Waals surface area (Å²) in [6.07, 6.45) is 3.73. The van der Waals surface area contributed by atoms with Crippen LogP contribution in [0.2, 0.25) is 5.02 Å². The van der Waals surface area contributed by atoms with Crippen molar-refractivity contribution in [2.24, 2.45) is 7.05 Å². The Bertz CT molecular complexity index is 736. The maximum Gasteiger partial charge on any atom is 0.234 e. The highest BCUT2D eigenvalue weighted by molar-refractivity contribution is 6.31. The number of hydrogen-bond acceptors (Lipinski definition) is 4. The van der Waals surface area contributed by atoms with Crippen LogP contribution in [0.4, 0.5) is 0 Å². The van der Waals surface area contributed by atoms with Gasteiger partial charge in [-0.05, 0) is 18.6 Å². The molecule has 0 spiro atoms. The monoisotopic (exact) mass is 397 g/mol. The summed E-state index contributed by atoms with van der Waals surface area (Å²) >= 11 is 6.22. The van der Waals surface area contributed by atoms with Gasteiger partial charge in [0.05, 0.1) is 18.6 Å². The van der Waals surface area contributed by atoms with Crippen molar-refractivity contribution in [1.29, 1.82) is 0 Å². The van der Waals surface area contributed by atoms with Crippen molar-refractivity contribution in [2.75, 3.05) is 26.2 Å². The molecule has 1 saturated heterocycles. The average molecular weight is 398 g/mol. The molecule has 1 fully saturated rings. The van der Waals surface area contributed by atoms with Gasteiger partial charge in [0.2, 0.25) is 5.91 Å². The number of benzene rings is 1. The van der Waals surface area contributed by atoms with Crippen LogP contribution in [0.3, 0.4) is 0 Å². The molecular weight excluding hydrogens is 373 g/mol. The fourth-order valence-corrected chi connectivity index (χ4v) is 3.56. The fraction of sp³-hybridized carbons (Fsp3) is 0.444. The van der Waals surface area contributed by atoms with Crippen molar-refractivity contribution in [2.45, 2.75) is 19.0 Å². The molecule has 26 heavy (non-hydrogen) atoms. The third-order valence-corrected chi connectivity index (χ3v) is 4.95. The second kappa shape index (κ2) is 9.37. The van der Waals surface area contributed by atoms with E-state index in [0.717, 1.165) is 31.0 Å². The number of imidazole rings is 1. The van der Waals surface area contributed by atoms with Crippen molar-refractivity contribution < 1.29 is 4.79 Å². The Balaban J connectivity index is 0.00000243. The van der Waals surface area contributed by atoms with Gasteiger partial charge in [-0.1, -0.05) is 29.8 Å². The first kappa shape index (κ1) is 20.7. The number of nitrogens with one attached hydrogen (secondary N) is 2. The van der Waals surface area contributed by atoms with Gasteiger partial charge in [0.25, 0.3) is 0 Å². The molecule has 0 aliphatic carbocycles. The van der Waals surface area contributed by atoms with Gasteiger partial charge in [0.15, 0.2) is 0 Å². The summed E-state index contributed by atoms with van der Waals surface area (Å²) in [6, 6.07) is 7.56. The van der Waals surface area contributed by atoms with E-state index in [0.29, 0.717) is 11.6 Å². The van der Waals surface area contributed by atoms with Gasteiger partial charge in [0.1, 0.15) is 5.82 Å². The number of aromatic nitrogens is 2.